The van der Waals surface area contributed by atoms with Gasteiger partial charge in [-0.1, -0.05) is 31.2 Å². The molecule has 0 saturated carbocycles. The van der Waals surface area contributed by atoms with E-state index >= 15 is 0 Å². The number of ether oxygens (including phenoxy) is 1. The predicted octanol–water partition coefficient (Wildman–Crippen LogP) is 3.00. The number of carbonyl (C=O) groups is 1. The second-order valence-corrected chi connectivity index (χ2v) is 6.95. The van der Waals surface area contributed by atoms with Crippen molar-refractivity contribution in [2.75, 3.05) is 19.6 Å². The van der Waals surface area contributed by atoms with Gasteiger partial charge in [-0.05, 0) is 44.7 Å². The number of nitrogens with zero attached hydrogens (tertiary/aromatic N) is 1. The molecule has 1 fully saturated rings. The van der Waals surface area contributed by atoms with Gasteiger partial charge in [0.1, 0.15) is 5.60 Å². The third-order valence-electron chi connectivity index (χ3n) is 3.82. The monoisotopic (exact) mass is 304 g/mol. The molecule has 0 aliphatic carbocycles. The van der Waals surface area contributed by atoms with Gasteiger partial charge in [-0.3, -0.25) is 0 Å². The molecule has 0 aromatic heterocycles. The fraction of sp³-hybridized carbons (Fsp3) is 0.611. The van der Waals surface area contributed by atoms with E-state index in [9.17, 15) is 4.79 Å². The van der Waals surface area contributed by atoms with Gasteiger partial charge in [-0.15, -0.1) is 0 Å². The number of nitrogens with one attached hydrogen (secondary N) is 1. The summed E-state index contributed by atoms with van der Waals surface area (Å²) in [5.74, 6) is 0. The molecule has 1 amide bonds. The molecule has 2 rings (SSSR count). The lowest BCUT2D eigenvalue weighted by atomic mass is 10.0. The van der Waals surface area contributed by atoms with Crippen molar-refractivity contribution in [1.82, 2.24) is 10.2 Å². The number of piperazine rings is 1. The molecule has 4 nitrogen and oxygen atoms in total. The molecule has 1 aromatic rings. The summed E-state index contributed by atoms with van der Waals surface area (Å²) >= 11 is 0. The first kappa shape index (κ1) is 16.8. The smallest absolute Gasteiger partial charge is 0.410 e. The van der Waals surface area contributed by atoms with Gasteiger partial charge < -0.3 is 15.0 Å². The summed E-state index contributed by atoms with van der Waals surface area (Å²) in [6.45, 7) is 10.1. The highest BCUT2D eigenvalue weighted by Crippen LogP contribution is 2.14. The average molecular weight is 304 g/mol. The normalized spacial score (nSPS) is 19.1. The Kier molecular flexibility index (Phi) is 5.46. The summed E-state index contributed by atoms with van der Waals surface area (Å²) in [7, 11) is 0. The van der Waals surface area contributed by atoms with Gasteiger partial charge in [0.05, 0.1) is 0 Å². The third kappa shape index (κ3) is 5.02. The van der Waals surface area contributed by atoms with Gasteiger partial charge >= 0.3 is 6.09 Å². The number of aryl methyl sites for hydroxylation is 1. The molecule has 22 heavy (non-hydrogen) atoms. The van der Waals surface area contributed by atoms with Crippen molar-refractivity contribution in [1.29, 1.82) is 0 Å². The molecule has 1 unspecified atom stereocenters. The Morgan fingerprint density at radius 2 is 1.91 bits per heavy atom. The van der Waals surface area contributed by atoms with Crippen LogP contribution in [-0.2, 0) is 17.6 Å². The zero-order valence-electron chi connectivity index (χ0n) is 14.2. The molecule has 1 N–H and O–H groups in total. The van der Waals surface area contributed by atoms with E-state index in [1.807, 2.05) is 25.7 Å². The van der Waals surface area contributed by atoms with E-state index in [1.54, 1.807) is 0 Å². The SMILES string of the molecule is CCc1ccc(CC2CN(C(=O)OC(C)(C)C)CCN2)cc1. The second kappa shape index (κ2) is 7.14. The minimum absolute atomic E-state index is 0.208. The van der Waals surface area contributed by atoms with E-state index in [-0.39, 0.29) is 12.1 Å². The number of carbonyl (C=O) groups excluding carboxylic acids is 1. The van der Waals surface area contributed by atoms with E-state index < -0.39 is 5.60 Å². The molecule has 1 aromatic carbocycles. The summed E-state index contributed by atoms with van der Waals surface area (Å²) in [6.07, 6.45) is 1.79. The van der Waals surface area contributed by atoms with Crippen LogP contribution in [0.3, 0.4) is 0 Å². The standard InChI is InChI=1S/C18H28N2O2/c1-5-14-6-8-15(9-7-14)12-16-13-20(11-10-19-16)17(21)22-18(2,3)4/h6-9,16,19H,5,10-13H2,1-4H3. The van der Waals surface area contributed by atoms with Crippen LogP contribution >= 0.6 is 0 Å². The van der Waals surface area contributed by atoms with Crippen LogP contribution in [0.1, 0.15) is 38.8 Å². The van der Waals surface area contributed by atoms with Gasteiger partial charge in [0.2, 0.25) is 0 Å². The van der Waals surface area contributed by atoms with Gasteiger partial charge in [0.25, 0.3) is 0 Å². The number of hydrogen-bond donors (Lipinski definition) is 1. The molecule has 1 heterocycles. The third-order valence-corrected chi connectivity index (χ3v) is 3.82. The maximum Gasteiger partial charge on any atom is 0.410 e. The van der Waals surface area contributed by atoms with Crippen molar-refractivity contribution in [3.63, 3.8) is 0 Å². The highest BCUT2D eigenvalue weighted by Gasteiger charge is 2.27. The zero-order chi connectivity index (χ0) is 16.2. The van der Waals surface area contributed by atoms with Crippen LogP contribution in [0.5, 0.6) is 0 Å². The zero-order valence-corrected chi connectivity index (χ0v) is 14.2. The molecule has 1 atom stereocenters. The molecule has 0 radical (unpaired) electrons. The molecular weight excluding hydrogens is 276 g/mol. The lowest BCUT2D eigenvalue weighted by Gasteiger charge is -2.35. The first-order valence-corrected chi connectivity index (χ1v) is 8.16. The van der Waals surface area contributed by atoms with E-state index in [0.717, 1.165) is 19.4 Å². The summed E-state index contributed by atoms with van der Waals surface area (Å²) in [4.78, 5) is 14.0. The fourth-order valence-corrected chi connectivity index (χ4v) is 2.65. The Labute approximate surface area is 133 Å². The molecule has 1 aliphatic rings. The predicted molar refractivity (Wildman–Crippen MR) is 89.1 cm³/mol. The van der Waals surface area contributed by atoms with Crippen LogP contribution in [0.25, 0.3) is 0 Å². The second-order valence-electron chi connectivity index (χ2n) is 6.95. The van der Waals surface area contributed by atoms with Crippen molar-refractivity contribution in [3.05, 3.63) is 35.4 Å². The number of rotatable bonds is 3. The van der Waals surface area contributed by atoms with E-state index in [4.69, 9.17) is 4.74 Å². The van der Waals surface area contributed by atoms with Crippen molar-refractivity contribution in [3.8, 4) is 0 Å². The maximum atomic E-state index is 12.2. The lowest BCUT2D eigenvalue weighted by Crippen LogP contribution is -2.54. The fourth-order valence-electron chi connectivity index (χ4n) is 2.65. The van der Waals surface area contributed by atoms with Crippen LogP contribution in [0.15, 0.2) is 24.3 Å². The average Bonchev–Trinajstić information content (AvgIpc) is 2.46. The Hall–Kier alpha value is -1.55. The van der Waals surface area contributed by atoms with Gasteiger partial charge in [0.15, 0.2) is 0 Å². The highest BCUT2D eigenvalue weighted by atomic mass is 16.6. The Bertz CT molecular complexity index is 491. The first-order chi connectivity index (χ1) is 10.4. The summed E-state index contributed by atoms with van der Waals surface area (Å²) in [5.41, 5.74) is 2.23. The molecular formula is C18H28N2O2. The molecule has 122 valence electrons. The van der Waals surface area contributed by atoms with Crippen LogP contribution in [0.2, 0.25) is 0 Å². The minimum atomic E-state index is -0.437. The highest BCUT2D eigenvalue weighted by molar-refractivity contribution is 5.68. The lowest BCUT2D eigenvalue weighted by molar-refractivity contribution is 0.0195. The first-order valence-electron chi connectivity index (χ1n) is 8.16. The van der Waals surface area contributed by atoms with Gasteiger partial charge in [-0.25, -0.2) is 4.79 Å². The quantitative estimate of drug-likeness (QED) is 0.933. The van der Waals surface area contributed by atoms with Gasteiger partial charge in [0, 0.05) is 25.7 Å². The molecule has 1 saturated heterocycles. The summed E-state index contributed by atoms with van der Waals surface area (Å²) in [5, 5.41) is 3.49. The summed E-state index contributed by atoms with van der Waals surface area (Å²) < 4.78 is 5.47. The van der Waals surface area contributed by atoms with Crippen LogP contribution in [0.4, 0.5) is 4.79 Å². The number of amides is 1. The van der Waals surface area contributed by atoms with Crippen molar-refractivity contribution in [2.24, 2.45) is 0 Å². The Morgan fingerprint density at radius 1 is 1.27 bits per heavy atom. The van der Waals surface area contributed by atoms with Crippen LogP contribution < -0.4 is 5.32 Å². The number of benzene rings is 1. The van der Waals surface area contributed by atoms with E-state index in [2.05, 4.69) is 36.5 Å². The van der Waals surface area contributed by atoms with Crippen molar-refractivity contribution in [2.45, 2.75) is 52.2 Å². The Balaban J connectivity index is 1.91. The largest absolute Gasteiger partial charge is 0.444 e. The molecule has 0 bridgehead atoms. The van der Waals surface area contributed by atoms with Gasteiger partial charge in [-0.2, -0.15) is 0 Å². The minimum Gasteiger partial charge on any atom is -0.444 e. The van der Waals surface area contributed by atoms with Crippen molar-refractivity contribution >= 4 is 6.09 Å². The maximum absolute atomic E-state index is 12.2. The summed E-state index contributed by atoms with van der Waals surface area (Å²) in [6, 6.07) is 9.03. The molecule has 0 spiro atoms. The van der Waals surface area contributed by atoms with Crippen LogP contribution in [-0.4, -0.2) is 42.3 Å². The number of hydrogen-bond acceptors (Lipinski definition) is 3. The van der Waals surface area contributed by atoms with Crippen LogP contribution in [0, 0.1) is 0 Å². The molecule has 1 aliphatic heterocycles. The molecule has 4 heteroatoms. The van der Waals surface area contributed by atoms with Crippen molar-refractivity contribution < 1.29 is 9.53 Å². The Morgan fingerprint density at radius 3 is 2.50 bits per heavy atom. The van der Waals surface area contributed by atoms with E-state index in [0.29, 0.717) is 13.1 Å². The topological polar surface area (TPSA) is 41.6 Å². The van der Waals surface area contributed by atoms with E-state index in [1.165, 1.54) is 11.1 Å².